The number of amides is 3. The first kappa shape index (κ1) is 35.2. The number of piperidine rings is 1. The topological polar surface area (TPSA) is 130 Å². The van der Waals surface area contributed by atoms with Gasteiger partial charge in [-0.05, 0) is 74.1 Å². The molecule has 0 spiro atoms. The SMILES string of the molecule is CC(CCN(C)C1=CC(C2CCC(=O)NC2=O)=CCC1)CNCCONC(=O)c1cc2c(ncn2C)c(F)c1Nc1ccc(Br)cc1F. The average molecular weight is 729 g/mol. The number of halogens is 3. The summed E-state index contributed by atoms with van der Waals surface area (Å²) < 4.78 is 32.3. The molecule has 48 heavy (non-hydrogen) atoms. The Kier molecular flexibility index (Phi) is 11.6. The van der Waals surface area contributed by atoms with Crippen molar-refractivity contribution in [1.29, 1.82) is 0 Å². The number of imidazole rings is 1. The molecular weight excluding hydrogens is 688 g/mol. The van der Waals surface area contributed by atoms with E-state index in [1.165, 1.54) is 30.2 Å². The lowest BCUT2D eigenvalue weighted by Crippen LogP contribution is -2.41. The molecule has 0 radical (unpaired) electrons. The predicted molar refractivity (Wildman–Crippen MR) is 182 cm³/mol. The van der Waals surface area contributed by atoms with E-state index in [9.17, 15) is 18.8 Å². The van der Waals surface area contributed by atoms with Gasteiger partial charge in [-0.15, -0.1) is 0 Å². The highest BCUT2D eigenvalue weighted by molar-refractivity contribution is 9.10. The van der Waals surface area contributed by atoms with Crippen LogP contribution in [0.2, 0.25) is 0 Å². The van der Waals surface area contributed by atoms with Crippen LogP contribution in [-0.2, 0) is 21.5 Å². The number of nitrogens with one attached hydrogen (secondary N) is 4. The molecule has 5 rings (SSSR count). The number of imide groups is 1. The second-order valence-corrected chi connectivity index (χ2v) is 13.2. The number of fused-ring (bicyclic) bond motifs is 1. The van der Waals surface area contributed by atoms with Crippen molar-refractivity contribution in [3.8, 4) is 0 Å². The molecule has 2 heterocycles. The Balaban J connectivity index is 1.07. The number of hydrogen-bond donors (Lipinski definition) is 4. The summed E-state index contributed by atoms with van der Waals surface area (Å²) in [5.74, 6) is -2.43. The second kappa shape index (κ2) is 15.8. The number of aromatic nitrogens is 2. The number of benzene rings is 2. The average Bonchev–Trinajstić information content (AvgIpc) is 3.44. The van der Waals surface area contributed by atoms with Crippen LogP contribution < -0.4 is 21.4 Å². The fraction of sp³-hybridized carbons (Fsp3) is 0.412. The van der Waals surface area contributed by atoms with Crippen LogP contribution in [0, 0.1) is 23.5 Å². The van der Waals surface area contributed by atoms with E-state index < -0.39 is 17.5 Å². The third-order valence-electron chi connectivity index (χ3n) is 8.64. The Bertz CT molecular complexity index is 1760. The van der Waals surface area contributed by atoms with Crippen LogP contribution in [0.15, 0.2) is 58.5 Å². The molecule has 14 heteroatoms. The third-order valence-corrected chi connectivity index (χ3v) is 9.13. The molecule has 1 aromatic heterocycles. The van der Waals surface area contributed by atoms with Crippen LogP contribution in [0.1, 0.15) is 49.4 Å². The van der Waals surface area contributed by atoms with Crippen molar-refractivity contribution < 1.29 is 28.0 Å². The molecule has 1 fully saturated rings. The number of anilines is 2. The largest absolute Gasteiger partial charge is 0.378 e. The van der Waals surface area contributed by atoms with Gasteiger partial charge in [0, 0.05) is 43.8 Å². The first-order valence-corrected chi connectivity index (χ1v) is 16.7. The van der Waals surface area contributed by atoms with E-state index in [1.54, 1.807) is 17.7 Å². The number of nitrogens with zero attached hydrogens (tertiary/aromatic N) is 3. The molecule has 2 aromatic carbocycles. The Labute approximate surface area is 286 Å². The van der Waals surface area contributed by atoms with Crippen molar-refractivity contribution in [2.75, 3.05) is 38.6 Å². The Hall–Kier alpha value is -4.14. The van der Waals surface area contributed by atoms with Crippen molar-refractivity contribution in [2.24, 2.45) is 18.9 Å². The number of rotatable bonds is 14. The maximum absolute atomic E-state index is 15.6. The van der Waals surface area contributed by atoms with E-state index in [-0.39, 0.29) is 46.8 Å². The van der Waals surface area contributed by atoms with E-state index in [1.807, 2.05) is 0 Å². The van der Waals surface area contributed by atoms with Crippen molar-refractivity contribution in [1.82, 2.24) is 30.6 Å². The molecule has 4 N–H and O–H groups in total. The second-order valence-electron chi connectivity index (χ2n) is 12.3. The normalized spacial score (nSPS) is 17.1. The molecule has 2 atom stereocenters. The molecule has 256 valence electrons. The molecule has 1 aliphatic carbocycles. The molecule has 3 amide bonds. The molecular formula is C34H40BrF2N7O4. The summed E-state index contributed by atoms with van der Waals surface area (Å²) in [6, 6.07) is 5.76. The minimum atomic E-state index is -0.784. The van der Waals surface area contributed by atoms with E-state index >= 15 is 4.39 Å². The quantitative estimate of drug-likeness (QED) is 0.101. The number of carbonyl (C=O) groups excluding carboxylic acids is 3. The first-order valence-electron chi connectivity index (χ1n) is 16.0. The van der Waals surface area contributed by atoms with Gasteiger partial charge < -0.3 is 20.1 Å². The maximum Gasteiger partial charge on any atom is 0.277 e. The minimum absolute atomic E-state index is 0.00357. The Morgan fingerprint density at radius 1 is 1.25 bits per heavy atom. The summed E-state index contributed by atoms with van der Waals surface area (Å²) in [5, 5.41) is 8.50. The summed E-state index contributed by atoms with van der Waals surface area (Å²) in [7, 11) is 3.74. The summed E-state index contributed by atoms with van der Waals surface area (Å²) in [4.78, 5) is 48.7. The van der Waals surface area contributed by atoms with Gasteiger partial charge in [0.1, 0.15) is 11.3 Å². The molecule has 1 saturated heterocycles. The van der Waals surface area contributed by atoms with Gasteiger partial charge in [0.15, 0.2) is 5.82 Å². The molecule has 0 saturated carbocycles. The summed E-state index contributed by atoms with van der Waals surface area (Å²) in [6.07, 6.45) is 9.26. The fourth-order valence-corrected chi connectivity index (χ4v) is 6.15. The van der Waals surface area contributed by atoms with Crippen molar-refractivity contribution in [3.05, 3.63) is 75.7 Å². The number of hydroxylamine groups is 1. The van der Waals surface area contributed by atoms with Crippen molar-refractivity contribution >= 4 is 56.1 Å². The lowest BCUT2D eigenvalue weighted by atomic mass is 9.86. The zero-order valence-corrected chi connectivity index (χ0v) is 28.8. The monoisotopic (exact) mass is 727 g/mol. The van der Waals surface area contributed by atoms with E-state index in [0.717, 1.165) is 37.9 Å². The molecule has 2 unspecified atom stereocenters. The number of hydrogen-bond acceptors (Lipinski definition) is 8. The van der Waals surface area contributed by atoms with Crippen LogP contribution in [0.4, 0.5) is 20.2 Å². The lowest BCUT2D eigenvalue weighted by Gasteiger charge is -2.29. The van der Waals surface area contributed by atoms with Crippen LogP contribution >= 0.6 is 15.9 Å². The van der Waals surface area contributed by atoms with Crippen molar-refractivity contribution in [2.45, 2.75) is 39.0 Å². The first-order chi connectivity index (χ1) is 23.0. The Morgan fingerprint density at radius 2 is 2.06 bits per heavy atom. The van der Waals surface area contributed by atoms with Gasteiger partial charge >= 0.3 is 0 Å². The highest BCUT2D eigenvalue weighted by atomic mass is 79.9. The van der Waals surface area contributed by atoms with Gasteiger partial charge in [0.25, 0.3) is 5.91 Å². The van der Waals surface area contributed by atoms with Gasteiger partial charge in [0.05, 0.1) is 41.3 Å². The van der Waals surface area contributed by atoms with Crippen molar-refractivity contribution in [3.63, 3.8) is 0 Å². The summed E-state index contributed by atoms with van der Waals surface area (Å²) >= 11 is 3.20. The standard InChI is InChI=1S/C34H40BrF2N7O4/c1-20(11-13-43(2)23-6-4-5-21(15-23)24-8-10-29(45)41-33(24)46)18-38-12-14-48-42-34(47)25-17-28-32(39-19-44(28)3)30(37)31(25)40-27-9-7-22(35)16-26(27)36/h5,7,9,15-17,19-20,24,38,40H,4,6,8,10-14,18H2,1-3H3,(H,42,47)(H,41,45,46). The highest BCUT2D eigenvalue weighted by Gasteiger charge is 2.30. The molecule has 3 aromatic rings. The smallest absolute Gasteiger partial charge is 0.277 e. The van der Waals surface area contributed by atoms with Gasteiger partial charge in [-0.25, -0.2) is 19.2 Å². The van der Waals surface area contributed by atoms with E-state index in [0.29, 0.717) is 35.3 Å². The summed E-state index contributed by atoms with van der Waals surface area (Å²) in [5.41, 5.74) is 4.70. The molecule has 1 aliphatic heterocycles. The number of aryl methyl sites for hydroxylation is 1. The minimum Gasteiger partial charge on any atom is -0.378 e. The van der Waals surface area contributed by atoms with Crippen LogP contribution in [0.25, 0.3) is 11.0 Å². The van der Waals surface area contributed by atoms with Crippen LogP contribution in [-0.4, -0.2) is 65.5 Å². The van der Waals surface area contributed by atoms with E-state index in [4.69, 9.17) is 4.84 Å². The number of carbonyl (C=O) groups is 3. The fourth-order valence-electron chi connectivity index (χ4n) is 5.82. The lowest BCUT2D eigenvalue weighted by molar-refractivity contribution is -0.135. The predicted octanol–water partition coefficient (Wildman–Crippen LogP) is 5.22. The molecule has 11 nitrogen and oxygen atoms in total. The van der Waals surface area contributed by atoms with Gasteiger partial charge in [-0.1, -0.05) is 28.9 Å². The van der Waals surface area contributed by atoms with E-state index in [2.05, 4.69) is 73.4 Å². The van der Waals surface area contributed by atoms with Gasteiger partial charge in [-0.2, -0.15) is 0 Å². The number of allylic oxidation sites excluding steroid dienone is 3. The molecule has 2 aliphatic rings. The molecule has 0 bridgehead atoms. The Morgan fingerprint density at radius 3 is 2.83 bits per heavy atom. The summed E-state index contributed by atoms with van der Waals surface area (Å²) in [6.45, 7) is 4.37. The maximum atomic E-state index is 15.6. The highest BCUT2D eigenvalue weighted by Crippen LogP contribution is 2.33. The van der Waals surface area contributed by atoms with Gasteiger partial charge in [-0.3, -0.25) is 24.5 Å². The van der Waals surface area contributed by atoms with Gasteiger partial charge in [0.2, 0.25) is 11.8 Å². The third kappa shape index (κ3) is 8.47. The van der Waals surface area contributed by atoms with Crippen LogP contribution in [0.5, 0.6) is 0 Å². The zero-order chi connectivity index (χ0) is 34.4. The van der Waals surface area contributed by atoms with Crippen LogP contribution in [0.3, 0.4) is 0 Å². The zero-order valence-electron chi connectivity index (χ0n) is 27.2.